The highest BCUT2D eigenvalue weighted by atomic mass is 16.2. The lowest BCUT2D eigenvalue weighted by atomic mass is 9.93. The van der Waals surface area contributed by atoms with Gasteiger partial charge in [-0.2, -0.15) is 0 Å². The topological polar surface area (TPSA) is 49.6 Å². The number of hydrogen-bond acceptors (Lipinski definition) is 3. The van der Waals surface area contributed by atoms with Gasteiger partial charge in [0.25, 0.3) is 0 Å². The van der Waals surface area contributed by atoms with Crippen LogP contribution in [-0.4, -0.2) is 55.0 Å². The van der Waals surface area contributed by atoms with Crippen LogP contribution in [0.2, 0.25) is 0 Å². The van der Waals surface area contributed by atoms with Gasteiger partial charge in [0.1, 0.15) is 0 Å². The minimum Gasteiger partial charge on any atom is -0.342 e. The Balaban J connectivity index is 1.85. The molecule has 1 aliphatic carbocycles. The number of rotatable bonds is 5. The molecule has 2 rings (SSSR count). The van der Waals surface area contributed by atoms with Crippen LogP contribution in [0.25, 0.3) is 0 Å². The van der Waals surface area contributed by atoms with Crippen LogP contribution in [0.3, 0.4) is 0 Å². The summed E-state index contributed by atoms with van der Waals surface area (Å²) >= 11 is 0. The Morgan fingerprint density at radius 2 is 1.95 bits per heavy atom. The molecular weight excluding hydrogens is 250 g/mol. The summed E-state index contributed by atoms with van der Waals surface area (Å²) in [5, 5.41) is 0. The predicted molar refractivity (Wildman–Crippen MR) is 82.4 cm³/mol. The molecule has 1 aliphatic heterocycles. The van der Waals surface area contributed by atoms with Crippen LogP contribution in [0.15, 0.2) is 0 Å². The minimum atomic E-state index is 0.193. The maximum Gasteiger partial charge on any atom is 0.226 e. The molecule has 116 valence electrons. The fourth-order valence-corrected chi connectivity index (χ4v) is 3.93. The fourth-order valence-electron chi connectivity index (χ4n) is 3.93. The molecular formula is C16H31N3O. The van der Waals surface area contributed by atoms with E-state index < -0.39 is 0 Å². The van der Waals surface area contributed by atoms with Gasteiger partial charge in [-0.15, -0.1) is 0 Å². The Labute approximate surface area is 123 Å². The zero-order valence-corrected chi connectivity index (χ0v) is 13.2. The highest BCUT2D eigenvalue weighted by Crippen LogP contribution is 2.33. The molecule has 1 saturated carbocycles. The molecule has 2 atom stereocenters. The number of carbonyl (C=O) groups is 1. The first kappa shape index (κ1) is 15.8. The molecule has 4 heteroatoms. The lowest BCUT2D eigenvalue weighted by Gasteiger charge is -2.38. The zero-order chi connectivity index (χ0) is 14.5. The van der Waals surface area contributed by atoms with E-state index in [2.05, 4.69) is 11.8 Å². The van der Waals surface area contributed by atoms with Crippen molar-refractivity contribution < 1.29 is 4.79 Å². The molecule has 0 aromatic heterocycles. The van der Waals surface area contributed by atoms with Gasteiger partial charge in [0.15, 0.2) is 0 Å². The Morgan fingerprint density at radius 1 is 1.25 bits per heavy atom. The Hall–Kier alpha value is -0.610. The van der Waals surface area contributed by atoms with Gasteiger partial charge in [-0.3, -0.25) is 4.79 Å². The minimum absolute atomic E-state index is 0.193. The molecule has 0 unspecified atom stereocenters. The smallest absolute Gasteiger partial charge is 0.226 e. The second kappa shape index (κ2) is 7.41. The molecule has 2 aliphatic rings. The van der Waals surface area contributed by atoms with E-state index in [4.69, 9.17) is 5.73 Å². The number of carbonyl (C=O) groups excluding carboxylic acids is 1. The van der Waals surface area contributed by atoms with Crippen LogP contribution in [-0.2, 0) is 4.79 Å². The first-order valence-electron chi connectivity index (χ1n) is 8.36. The number of nitrogens with two attached hydrogens (primary N) is 1. The van der Waals surface area contributed by atoms with Crippen molar-refractivity contribution in [2.75, 3.05) is 33.2 Å². The van der Waals surface area contributed by atoms with Crippen molar-refractivity contribution >= 4 is 5.91 Å². The van der Waals surface area contributed by atoms with Gasteiger partial charge in [0.2, 0.25) is 5.91 Å². The number of hydrogen-bond donors (Lipinski definition) is 1. The summed E-state index contributed by atoms with van der Waals surface area (Å²) in [6, 6.07) is 0.439. The number of amides is 1. The summed E-state index contributed by atoms with van der Waals surface area (Å²) in [6.45, 7) is 6.37. The van der Waals surface area contributed by atoms with E-state index >= 15 is 0 Å². The van der Waals surface area contributed by atoms with Crippen molar-refractivity contribution in [3.05, 3.63) is 0 Å². The highest BCUT2D eigenvalue weighted by Gasteiger charge is 2.36. The van der Waals surface area contributed by atoms with Gasteiger partial charge < -0.3 is 15.5 Å². The predicted octanol–water partition coefficient (Wildman–Crippen LogP) is 1.69. The zero-order valence-electron chi connectivity index (χ0n) is 13.2. The molecule has 2 fully saturated rings. The summed E-state index contributed by atoms with van der Waals surface area (Å²) in [7, 11) is 2.01. The van der Waals surface area contributed by atoms with E-state index in [1.165, 1.54) is 19.4 Å². The molecule has 0 aromatic carbocycles. The van der Waals surface area contributed by atoms with Crippen molar-refractivity contribution in [1.82, 2.24) is 9.80 Å². The summed E-state index contributed by atoms with van der Waals surface area (Å²) in [5.41, 5.74) is 5.81. The first-order valence-corrected chi connectivity index (χ1v) is 8.36. The largest absolute Gasteiger partial charge is 0.342 e. The van der Waals surface area contributed by atoms with Crippen molar-refractivity contribution in [1.29, 1.82) is 0 Å². The highest BCUT2D eigenvalue weighted by molar-refractivity contribution is 5.79. The van der Waals surface area contributed by atoms with Gasteiger partial charge in [-0.1, -0.05) is 13.3 Å². The average Bonchev–Trinajstić information content (AvgIpc) is 2.95. The van der Waals surface area contributed by atoms with Crippen molar-refractivity contribution in [3.8, 4) is 0 Å². The van der Waals surface area contributed by atoms with Crippen molar-refractivity contribution in [2.45, 2.75) is 51.5 Å². The third kappa shape index (κ3) is 3.53. The van der Waals surface area contributed by atoms with E-state index in [1.807, 2.05) is 11.9 Å². The van der Waals surface area contributed by atoms with Crippen LogP contribution >= 0.6 is 0 Å². The third-order valence-electron chi connectivity index (χ3n) is 5.27. The van der Waals surface area contributed by atoms with Crippen LogP contribution in [0.1, 0.15) is 45.4 Å². The summed E-state index contributed by atoms with van der Waals surface area (Å²) < 4.78 is 0. The van der Waals surface area contributed by atoms with E-state index in [1.54, 1.807) is 0 Å². The summed E-state index contributed by atoms with van der Waals surface area (Å²) in [6.07, 6.45) is 6.82. The maximum atomic E-state index is 12.7. The second-order valence-corrected chi connectivity index (χ2v) is 6.56. The summed E-state index contributed by atoms with van der Waals surface area (Å²) in [4.78, 5) is 17.2. The molecule has 1 saturated heterocycles. The maximum absolute atomic E-state index is 12.7. The second-order valence-electron chi connectivity index (χ2n) is 6.56. The van der Waals surface area contributed by atoms with Gasteiger partial charge in [-0.25, -0.2) is 0 Å². The van der Waals surface area contributed by atoms with E-state index in [0.717, 1.165) is 38.8 Å². The number of likely N-dealkylation sites (tertiary alicyclic amines) is 1. The standard InChI is InChI=1S/C16H31N3O/c1-3-9-19-10-7-14(8-11-19)18(2)16(20)15-6-4-5-13(15)12-17/h13-15H,3-12,17H2,1-2H3/t13-,15-/m1/s1. The van der Waals surface area contributed by atoms with E-state index in [0.29, 0.717) is 24.4 Å². The van der Waals surface area contributed by atoms with Crippen molar-refractivity contribution in [3.63, 3.8) is 0 Å². The fraction of sp³-hybridized carbons (Fsp3) is 0.938. The Kier molecular flexibility index (Phi) is 5.85. The van der Waals surface area contributed by atoms with Gasteiger partial charge in [-0.05, 0) is 51.1 Å². The molecule has 4 nitrogen and oxygen atoms in total. The molecule has 0 bridgehead atoms. The number of nitrogens with zero attached hydrogens (tertiary/aromatic N) is 2. The first-order chi connectivity index (χ1) is 9.67. The van der Waals surface area contributed by atoms with Gasteiger partial charge in [0.05, 0.1) is 0 Å². The van der Waals surface area contributed by atoms with E-state index in [-0.39, 0.29) is 5.92 Å². The molecule has 0 aromatic rings. The quantitative estimate of drug-likeness (QED) is 0.834. The number of piperidine rings is 1. The van der Waals surface area contributed by atoms with Crippen LogP contribution in [0.4, 0.5) is 0 Å². The van der Waals surface area contributed by atoms with Crippen LogP contribution in [0.5, 0.6) is 0 Å². The molecule has 2 N–H and O–H groups in total. The lowest BCUT2D eigenvalue weighted by Crippen LogP contribution is -2.48. The van der Waals surface area contributed by atoms with Gasteiger partial charge in [0, 0.05) is 32.1 Å². The normalized spacial score (nSPS) is 28.8. The molecule has 20 heavy (non-hydrogen) atoms. The van der Waals surface area contributed by atoms with Crippen LogP contribution < -0.4 is 5.73 Å². The Bertz CT molecular complexity index is 313. The average molecular weight is 281 g/mol. The van der Waals surface area contributed by atoms with Crippen molar-refractivity contribution in [2.24, 2.45) is 17.6 Å². The summed E-state index contributed by atoms with van der Waals surface area (Å²) in [5.74, 6) is 0.968. The third-order valence-corrected chi connectivity index (χ3v) is 5.27. The van der Waals surface area contributed by atoms with Gasteiger partial charge >= 0.3 is 0 Å². The van der Waals surface area contributed by atoms with Crippen LogP contribution in [0, 0.1) is 11.8 Å². The van der Waals surface area contributed by atoms with E-state index in [9.17, 15) is 4.79 Å². The SMILES string of the molecule is CCCN1CCC(N(C)C(=O)[C@@H]2CCC[C@@H]2CN)CC1. The lowest BCUT2D eigenvalue weighted by molar-refractivity contribution is -0.138. The molecule has 1 heterocycles. The molecule has 1 amide bonds. The molecule has 0 spiro atoms. The Morgan fingerprint density at radius 3 is 2.55 bits per heavy atom. The monoisotopic (exact) mass is 281 g/mol. The molecule has 0 radical (unpaired) electrons.